The Hall–Kier alpha value is -2.59. The van der Waals surface area contributed by atoms with E-state index in [9.17, 15) is 14.7 Å². The van der Waals surface area contributed by atoms with E-state index in [2.05, 4.69) is 5.32 Å². The van der Waals surface area contributed by atoms with Gasteiger partial charge in [-0.1, -0.05) is 12.1 Å². The number of aliphatic hydroxyl groups excluding tert-OH is 1. The van der Waals surface area contributed by atoms with Crippen molar-refractivity contribution >= 4 is 12.1 Å². The second-order valence-electron chi connectivity index (χ2n) is 5.64. The number of carboxylic acids is 1. The Balaban J connectivity index is 3.00. The van der Waals surface area contributed by atoms with Crippen molar-refractivity contribution in [1.29, 1.82) is 5.26 Å². The van der Waals surface area contributed by atoms with E-state index >= 15 is 0 Å². The van der Waals surface area contributed by atoms with Gasteiger partial charge >= 0.3 is 12.1 Å². The summed E-state index contributed by atoms with van der Waals surface area (Å²) in [6, 6.07) is 6.59. The Kier molecular flexibility index (Phi) is 5.49. The lowest BCUT2D eigenvalue weighted by Crippen LogP contribution is -2.42. The van der Waals surface area contributed by atoms with Gasteiger partial charge in [-0.25, -0.2) is 9.59 Å². The number of nitrogens with one attached hydrogen (secondary N) is 1. The van der Waals surface area contributed by atoms with E-state index < -0.39 is 29.8 Å². The highest BCUT2D eigenvalue weighted by Gasteiger charge is 2.30. The molecule has 22 heavy (non-hydrogen) atoms. The van der Waals surface area contributed by atoms with Gasteiger partial charge in [0, 0.05) is 0 Å². The molecule has 118 valence electrons. The third-order valence-corrected chi connectivity index (χ3v) is 2.64. The van der Waals surface area contributed by atoms with E-state index in [1.165, 1.54) is 24.3 Å². The maximum atomic E-state index is 11.8. The zero-order chi connectivity index (χ0) is 16.9. The van der Waals surface area contributed by atoms with E-state index in [-0.39, 0.29) is 0 Å². The summed E-state index contributed by atoms with van der Waals surface area (Å²) >= 11 is 0. The number of aliphatic hydroxyl groups is 1. The molecule has 3 N–H and O–H groups in total. The number of carbonyl (C=O) groups is 2. The smallest absolute Gasteiger partial charge is 0.408 e. The normalized spacial score (nSPS) is 13.6. The molecule has 0 aromatic heterocycles. The van der Waals surface area contributed by atoms with Crippen LogP contribution in [0.5, 0.6) is 0 Å². The summed E-state index contributed by atoms with van der Waals surface area (Å²) in [4.78, 5) is 22.8. The number of benzene rings is 1. The fourth-order valence-electron chi connectivity index (χ4n) is 1.69. The lowest BCUT2D eigenvalue weighted by atomic mass is 10.0. The molecule has 7 nitrogen and oxygen atoms in total. The summed E-state index contributed by atoms with van der Waals surface area (Å²) in [7, 11) is 0. The summed E-state index contributed by atoms with van der Waals surface area (Å²) in [6.07, 6.45) is -2.69. The highest BCUT2D eigenvalue weighted by Crippen LogP contribution is 2.19. The van der Waals surface area contributed by atoms with Crippen molar-refractivity contribution in [2.24, 2.45) is 0 Å². The highest BCUT2D eigenvalue weighted by atomic mass is 16.6. The van der Waals surface area contributed by atoms with Gasteiger partial charge in [0.05, 0.1) is 17.7 Å². The fourth-order valence-corrected chi connectivity index (χ4v) is 1.69. The summed E-state index contributed by atoms with van der Waals surface area (Å²) in [5, 5.41) is 29.8. The number of nitrogens with zero attached hydrogens (tertiary/aromatic N) is 1. The highest BCUT2D eigenvalue weighted by molar-refractivity contribution is 5.75. The zero-order valence-corrected chi connectivity index (χ0v) is 12.5. The molecule has 0 unspecified atom stereocenters. The van der Waals surface area contributed by atoms with Crippen molar-refractivity contribution in [3.63, 3.8) is 0 Å². The molecule has 0 aliphatic heterocycles. The summed E-state index contributed by atoms with van der Waals surface area (Å²) in [5.41, 5.74) is -0.0302. The van der Waals surface area contributed by atoms with Crippen molar-refractivity contribution in [3.05, 3.63) is 35.4 Å². The number of rotatable bonds is 4. The van der Waals surface area contributed by atoms with Crippen LogP contribution in [0.15, 0.2) is 24.3 Å². The average Bonchev–Trinajstić information content (AvgIpc) is 2.42. The molecule has 0 aliphatic carbocycles. The van der Waals surface area contributed by atoms with Crippen LogP contribution in [0.4, 0.5) is 4.79 Å². The maximum Gasteiger partial charge on any atom is 0.408 e. The van der Waals surface area contributed by atoms with E-state index in [0.717, 1.165) is 0 Å². The number of hydrogen-bond acceptors (Lipinski definition) is 5. The van der Waals surface area contributed by atoms with E-state index in [4.69, 9.17) is 15.1 Å². The topological polar surface area (TPSA) is 120 Å². The Morgan fingerprint density at radius 1 is 1.27 bits per heavy atom. The quantitative estimate of drug-likeness (QED) is 0.776. The van der Waals surface area contributed by atoms with Crippen molar-refractivity contribution in [2.75, 3.05) is 0 Å². The maximum absolute atomic E-state index is 11.8. The van der Waals surface area contributed by atoms with Crippen molar-refractivity contribution < 1.29 is 24.5 Å². The third kappa shape index (κ3) is 5.07. The van der Waals surface area contributed by atoms with E-state index in [1.807, 2.05) is 6.07 Å². The van der Waals surface area contributed by atoms with Gasteiger partial charge in [0.2, 0.25) is 0 Å². The van der Waals surface area contributed by atoms with E-state index in [1.54, 1.807) is 20.8 Å². The first-order valence-electron chi connectivity index (χ1n) is 6.54. The van der Waals surface area contributed by atoms with Crippen LogP contribution < -0.4 is 5.32 Å². The molecule has 0 bridgehead atoms. The average molecular weight is 306 g/mol. The Morgan fingerprint density at radius 2 is 1.82 bits per heavy atom. The van der Waals surface area contributed by atoms with Gasteiger partial charge < -0.3 is 20.3 Å². The largest absolute Gasteiger partial charge is 0.479 e. The zero-order valence-electron chi connectivity index (χ0n) is 12.5. The number of nitriles is 1. The molecule has 2 atom stereocenters. The first-order valence-corrected chi connectivity index (χ1v) is 6.54. The van der Waals surface area contributed by atoms with Crippen molar-refractivity contribution in [3.8, 4) is 6.07 Å². The number of carbonyl (C=O) groups excluding carboxylic acids is 1. The number of amides is 1. The number of carboxylic acid groups (broad SMARTS) is 1. The van der Waals surface area contributed by atoms with Crippen molar-refractivity contribution in [1.82, 2.24) is 5.32 Å². The lowest BCUT2D eigenvalue weighted by molar-refractivity contribution is -0.148. The first kappa shape index (κ1) is 17.5. The Bertz CT molecular complexity index is 583. The molecular formula is C15H18N2O5. The molecule has 1 aromatic rings. The number of aliphatic carboxylic acids is 1. The van der Waals surface area contributed by atoms with Crippen LogP contribution in [-0.2, 0) is 9.53 Å². The molecule has 0 aliphatic rings. The minimum absolute atomic E-state index is 0.347. The molecule has 1 amide bonds. The van der Waals surface area contributed by atoms with Crippen LogP contribution in [0, 0.1) is 11.3 Å². The molecule has 1 aromatic carbocycles. The van der Waals surface area contributed by atoms with Crippen molar-refractivity contribution in [2.45, 2.75) is 38.5 Å². The predicted octanol–water partition coefficient (Wildman–Crippen LogP) is 1.57. The van der Waals surface area contributed by atoms with Gasteiger partial charge in [0.1, 0.15) is 5.60 Å². The first-order chi connectivity index (χ1) is 10.1. The minimum atomic E-state index is -1.85. The fraction of sp³-hybridized carbons (Fsp3) is 0.400. The second kappa shape index (κ2) is 6.91. The Morgan fingerprint density at radius 3 is 2.23 bits per heavy atom. The van der Waals surface area contributed by atoms with Gasteiger partial charge in [0.15, 0.2) is 6.10 Å². The summed E-state index contributed by atoms with van der Waals surface area (Å²) < 4.78 is 5.06. The molecule has 7 heteroatoms. The third-order valence-electron chi connectivity index (χ3n) is 2.64. The van der Waals surface area contributed by atoms with Gasteiger partial charge in [-0.05, 0) is 38.5 Å². The van der Waals surface area contributed by atoms with Gasteiger partial charge in [-0.15, -0.1) is 0 Å². The molecule has 0 spiro atoms. The molecule has 0 saturated carbocycles. The van der Waals surface area contributed by atoms with Gasteiger partial charge in [-0.3, -0.25) is 0 Å². The summed E-state index contributed by atoms with van der Waals surface area (Å²) in [6.45, 7) is 4.99. The monoisotopic (exact) mass is 306 g/mol. The van der Waals surface area contributed by atoms with Gasteiger partial charge in [0.25, 0.3) is 0 Å². The number of ether oxygens (including phenoxy) is 1. The van der Waals surface area contributed by atoms with Crippen LogP contribution >= 0.6 is 0 Å². The lowest BCUT2D eigenvalue weighted by Gasteiger charge is -2.25. The van der Waals surface area contributed by atoms with Gasteiger partial charge in [-0.2, -0.15) is 5.26 Å². The summed E-state index contributed by atoms with van der Waals surface area (Å²) in [5.74, 6) is -1.48. The van der Waals surface area contributed by atoms with Crippen LogP contribution in [0.25, 0.3) is 0 Å². The van der Waals surface area contributed by atoms with Crippen LogP contribution in [0.2, 0.25) is 0 Å². The van der Waals surface area contributed by atoms with Crippen LogP contribution in [-0.4, -0.2) is 34.0 Å². The Labute approximate surface area is 128 Å². The molecule has 0 fully saturated rings. The molecular weight excluding hydrogens is 288 g/mol. The molecule has 0 saturated heterocycles. The predicted molar refractivity (Wildman–Crippen MR) is 76.9 cm³/mol. The minimum Gasteiger partial charge on any atom is -0.479 e. The van der Waals surface area contributed by atoms with Crippen LogP contribution in [0.1, 0.15) is 37.9 Å². The number of hydrogen-bond donors (Lipinski definition) is 3. The molecule has 1 rings (SSSR count). The SMILES string of the molecule is CC(C)(C)OC(=O)N[C@@H](c1ccc(C#N)cc1)[C@H](O)C(=O)O. The molecule has 0 radical (unpaired) electrons. The number of alkyl carbamates (subject to hydrolysis) is 1. The van der Waals surface area contributed by atoms with Crippen LogP contribution in [0.3, 0.4) is 0 Å². The second-order valence-corrected chi connectivity index (χ2v) is 5.64. The van der Waals surface area contributed by atoms with E-state index in [0.29, 0.717) is 11.1 Å². The standard InChI is InChI=1S/C15H18N2O5/c1-15(2,3)22-14(21)17-11(12(18)13(19)20)10-6-4-9(8-16)5-7-10/h4-7,11-12,18H,1-3H3,(H,17,21)(H,19,20)/t11-,12-/m0/s1. The molecule has 0 heterocycles.